The van der Waals surface area contributed by atoms with Crippen molar-refractivity contribution in [2.45, 2.75) is 13.5 Å². The van der Waals surface area contributed by atoms with E-state index in [-0.39, 0.29) is 0 Å². The Morgan fingerprint density at radius 3 is 2.88 bits per heavy atom. The summed E-state index contributed by atoms with van der Waals surface area (Å²) < 4.78 is 6.68. The summed E-state index contributed by atoms with van der Waals surface area (Å²) in [5, 5.41) is 0. The molecule has 2 nitrogen and oxygen atoms in total. The molecule has 0 saturated carbocycles. The minimum absolute atomic E-state index is 0.547. The van der Waals surface area contributed by atoms with E-state index in [1.54, 1.807) is 0 Å². The van der Waals surface area contributed by atoms with Gasteiger partial charge in [0.1, 0.15) is 12.4 Å². The van der Waals surface area contributed by atoms with Gasteiger partial charge in [-0.1, -0.05) is 22.0 Å². The van der Waals surface area contributed by atoms with Crippen LogP contribution >= 0.6 is 15.9 Å². The molecule has 1 aromatic heterocycles. The number of rotatable bonds is 3. The Morgan fingerprint density at radius 2 is 2.12 bits per heavy atom. The average Bonchev–Trinajstić information content (AvgIpc) is 2.27. The molecule has 0 bridgehead atoms. The zero-order valence-electron chi connectivity index (χ0n) is 8.98. The summed E-state index contributed by atoms with van der Waals surface area (Å²) in [7, 11) is 0. The quantitative estimate of drug-likeness (QED) is 0.853. The maximum atomic E-state index is 5.66. The highest BCUT2D eigenvalue weighted by atomic mass is 79.9. The Balaban J connectivity index is 2.02. The molecule has 1 aromatic carbocycles. The highest BCUT2D eigenvalue weighted by Crippen LogP contribution is 2.18. The smallest absolute Gasteiger partial charge is 0.120 e. The van der Waals surface area contributed by atoms with Crippen molar-refractivity contribution in [2.24, 2.45) is 0 Å². The van der Waals surface area contributed by atoms with Crippen LogP contribution in [-0.2, 0) is 6.61 Å². The SMILES string of the molecule is Cc1cncc(COc2cccc(Br)c2)c1. The van der Waals surface area contributed by atoms with Crippen molar-refractivity contribution >= 4 is 15.9 Å². The Hall–Kier alpha value is -1.35. The summed E-state index contributed by atoms with van der Waals surface area (Å²) in [4.78, 5) is 4.12. The van der Waals surface area contributed by atoms with E-state index in [9.17, 15) is 0 Å². The fourth-order valence-corrected chi connectivity index (χ4v) is 1.80. The molecule has 1 heterocycles. The monoisotopic (exact) mass is 277 g/mol. The summed E-state index contributed by atoms with van der Waals surface area (Å²) in [6.45, 7) is 2.57. The van der Waals surface area contributed by atoms with Crippen LogP contribution in [0.25, 0.3) is 0 Å². The van der Waals surface area contributed by atoms with Crippen LogP contribution < -0.4 is 4.74 Å². The second kappa shape index (κ2) is 5.12. The van der Waals surface area contributed by atoms with Gasteiger partial charge in [-0.05, 0) is 36.8 Å². The van der Waals surface area contributed by atoms with Crippen LogP contribution in [0.4, 0.5) is 0 Å². The summed E-state index contributed by atoms with van der Waals surface area (Å²) in [6.07, 6.45) is 3.66. The van der Waals surface area contributed by atoms with Crippen LogP contribution in [0.1, 0.15) is 11.1 Å². The molecule has 3 heteroatoms. The van der Waals surface area contributed by atoms with Crippen molar-refractivity contribution in [1.29, 1.82) is 0 Å². The maximum Gasteiger partial charge on any atom is 0.120 e. The van der Waals surface area contributed by atoms with Crippen LogP contribution in [-0.4, -0.2) is 4.98 Å². The summed E-state index contributed by atoms with van der Waals surface area (Å²) in [5.41, 5.74) is 2.23. The fraction of sp³-hybridized carbons (Fsp3) is 0.154. The third-order valence-electron chi connectivity index (χ3n) is 2.13. The molecule has 0 saturated heterocycles. The van der Waals surface area contributed by atoms with Gasteiger partial charge in [0.05, 0.1) is 0 Å². The van der Waals surface area contributed by atoms with Crippen molar-refractivity contribution < 1.29 is 4.74 Å². The van der Waals surface area contributed by atoms with E-state index in [0.717, 1.165) is 21.3 Å². The van der Waals surface area contributed by atoms with Crippen molar-refractivity contribution in [1.82, 2.24) is 4.98 Å². The number of benzene rings is 1. The van der Waals surface area contributed by atoms with Gasteiger partial charge < -0.3 is 4.74 Å². The maximum absolute atomic E-state index is 5.66. The van der Waals surface area contributed by atoms with Gasteiger partial charge >= 0.3 is 0 Å². The third kappa shape index (κ3) is 3.07. The highest BCUT2D eigenvalue weighted by molar-refractivity contribution is 9.10. The van der Waals surface area contributed by atoms with Crippen LogP contribution in [0.15, 0.2) is 47.2 Å². The molecule has 0 radical (unpaired) electrons. The van der Waals surface area contributed by atoms with E-state index < -0.39 is 0 Å². The van der Waals surface area contributed by atoms with E-state index >= 15 is 0 Å². The van der Waals surface area contributed by atoms with Gasteiger partial charge in [0.2, 0.25) is 0 Å². The first-order chi connectivity index (χ1) is 7.74. The van der Waals surface area contributed by atoms with Crippen molar-refractivity contribution in [2.75, 3.05) is 0 Å². The number of hydrogen-bond acceptors (Lipinski definition) is 2. The molecule has 16 heavy (non-hydrogen) atoms. The lowest BCUT2D eigenvalue weighted by Crippen LogP contribution is -1.96. The topological polar surface area (TPSA) is 22.1 Å². The minimum Gasteiger partial charge on any atom is -0.489 e. The summed E-state index contributed by atoms with van der Waals surface area (Å²) >= 11 is 3.41. The highest BCUT2D eigenvalue weighted by Gasteiger charge is 1.97. The predicted molar refractivity (Wildman–Crippen MR) is 67.4 cm³/mol. The lowest BCUT2D eigenvalue weighted by molar-refractivity contribution is 0.305. The number of aryl methyl sites for hydroxylation is 1. The number of halogens is 1. The number of nitrogens with zero attached hydrogens (tertiary/aromatic N) is 1. The normalized spacial score (nSPS) is 10.1. The fourth-order valence-electron chi connectivity index (χ4n) is 1.42. The minimum atomic E-state index is 0.547. The van der Waals surface area contributed by atoms with Gasteiger partial charge in [0.25, 0.3) is 0 Å². The van der Waals surface area contributed by atoms with Gasteiger partial charge in [0, 0.05) is 22.4 Å². The first-order valence-corrected chi connectivity index (χ1v) is 5.82. The van der Waals surface area contributed by atoms with E-state index in [2.05, 4.69) is 27.0 Å². The van der Waals surface area contributed by atoms with Crippen molar-refractivity contribution in [3.63, 3.8) is 0 Å². The third-order valence-corrected chi connectivity index (χ3v) is 2.63. The van der Waals surface area contributed by atoms with Crippen LogP contribution in [0.5, 0.6) is 5.75 Å². The molecule has 2 rings (SSSR count). The molecule has 0 aliphatic heterocycles. The standard InChI is InChI=1S/C13H12BrNO/c1-10-5-11(8-15-7-10)9-16-13-4-2-3-12(14)6-13/h2-8H,9H2,1H3. The van der Waals surface area contributed by atoms with Crippen molar-refractivity contribution in [3.8, 4) is 5.75 Å². The molecule has 82 valence electrons. The zero-order valence-corrected chi connectivity index (χ0v) is 10.6. The molecule has 0 aliphatic carbocycles. The molecule has 0 fully saturated rings. The zero-order chi connectivity index (χ0) is 11.4. The number of hydrogen-bond donors (Lipinski definition) is 0. The summed E-state index contributed by atoms with van der Waals surface area (Å²) in [6, 6.07) is 9.89. The van der Waals surface area contributed by atoms with E-state index in [4.69, 9.17) is 4.74 Å². The van der Waals surface area contributed by atoms with Crippen molar-refractivity contribution in [3.05, 3.63) is 58.3 Å². The lowest BCUT2D eigenvalue weighted by Gasteiger charge is -2.06. The molecule has 0 N–H and O–H groups in total. The number of ether oxygens (including phenoxy) is 1. The van der Waals surface area contributed by atoms with E-state index in [1.165, 1.54) is 0 Å². The molecular weight excluding hydrogens is 266 g/mol. The largest absolute Gasteiger partial charge is 0.489 e. The second-order valence-corrected chi connectivity index (χ2v) is 4.53. The first kappa shape index (κ1) is 11.1. The first-order valence-electron chi connectivity index (χ1n) is 5.03. The molecule has 0 amide bonds. The van der Waals surface area contributed by atoms with E-state index in [1.807, 2.05) is 43.6 Å². The second-order valence-electron chi connectivity index (χ2n) is 3.62. The van der Waals surface area contributed by atoms with Crippen LogP contribution in [0.2, 0.25) is 0 Å². The molecule has 0 unspecified atom stereocenters. The number of pyridine rings is 1. The number of aromatic nitrogens is 1. The summed E-state index contributed by atoms with van der Waals surface area (Å²) in [5.74, 6) is 0.857. The van der Waals surface area contributed by atoms with Gasteiger partial charge in [-0.25, -0.2) is 0 Å². The van der Waals surface area contributed by atoms with Crippen LogP contribution in [0, 0.1) is 6.92 Å². The lowest BCUT2D eigenvalue weighted by atomic mass is 10.2. The Bertz CT molecular complexity index is 439. The Morgan fingerprint density at radius 1 is 1.25 bits per heavy atom. The molecule has 0 spiro atoms. The molecule has 2 aromatic rings. The average molecular weight is 278 g/mol. The Kier molecular flexibility index (Phi) is 3.57. The van der Waals surface area contributed by atoms with Crippen LogP contribution in [0.3, 0.4) is 0 Å². The Labute approximate surface area is 103 Å². The molecule has 0 aliphatic rings. The van der Waals surface area contributed by atoms with Gasteiger partial charge in [-0.15, -0.1) is 0 Å². The van der Waals surface area contributed by atoms with Gasteiger partial charge in [0.15, 0.2) is 0 Å². The predicted octanol–water partition coefficient (Wildman–Crippen LogP) is 3.73. The molecular formula is C13H12BrNO. The van der Waals surface area contributed by atoms with Gasteiger partial charge in [-0.3, -0.25) is 4.98 Å². The van der Waals surface area contributed by atoms with Gasteiger partial charge in [-0.2, -0.15) is 0 Å². The van der Waals surface area contributed by atoms with E-state index in [0.29, 0.717) is 6.61 Å². The molecule has 0 atom stereocenters.